The zero-order chi connectivity index (χ0) is 13.0. The van der Waals surface area contributed by atoms with Crippen molar-refractivity contribution in [1.29, 1.82) is 0 Å². The van der Waals surface area contributed by atoms with Crippen molar-refractivity contribution in [3.8, 4) is 5.75 Å². The number of nitrogens with two attached hydrogens (primary N) is 1. The minimum absolute atomic E-state index is 0.149. The van der Waals surface area contributed by atoms with E-state index in [-0.39, 0.29) is 6.04 Å². The number of para-hydroxylation sites is 1. The molecule has 100 valence electrons. The second kappa shape index (κ2) is 6.21. The number of phenols is 1. The molecule has 1 saturated heterocycles. The highest BCUT2D eigenvalue weighted by Gasteiger charge is 2.29. The first-order valence-electron chi connectivity index (χ1n) is 7.01. The van der Waals surface area contributed by atoms with Crippen molar-refractivity contribution in [3.63, 3.8) is 0 Å². The van der Waals surface area contributed by atoms with Gasteiger partial charge in [0.05, 0.1) is 6.04 Å². The normalized spacial score (nSPS) is 22.9. The molecule has 1 aliphatic heterocycles. The summed E-state index contributed by atoms with van der Waals surface area (Å²) in [6.07, 6.45) is 4.96. The lowest BCUT2D eigenvalue weighted by Crippen LogP contribution is -2.44. The van der Waals surface area contributed by atoms with Crippen LogP contribution in [0, 0.1) is 0 Å². The lowest BCUT2D eigenvalue weighted by atomic mass is 9.94. The number of phenolic OH excluding ortho intramolecular Hbond substituents is 1. The minimum Gasteiger partial charge on any atom is -0.508 e. The number of piperidine rings is 1. The highest BCUT2D eigenvalue weighted by Crippen LogP contribution is 2.33. The molecule has 0 amide bonds. The van der Waals surface area contributed by atoms with Crippen LogP contribution in [0.2, 0.25) is 0 Å². The Hall–Kier alpha value is -1.06. The molecule has 1 heterocycles. The summed E-state index contributed by atoms with van der Waals surface area (Å²) in [5.74, 6) is 0.369. The van der Waals surface area contributed by atoms with Crippen LogP contribution < -0.4 is 5.73 Å². The van der Waals surface area contributed by atoms with E-state index in [1.807, 2.05) is 18.2 Å². The molecule has 1 fully saturated rings. The fourth-order valence-electron chi connectivity index (χ4n) is 3.08. The lowest BCUT2D eigenvalue weighted by Gasteiger charge is -2.41. The average Bonchev–Trinajstić information content (AvgIpc) is 2.42. The summed E-state index contributed by atoms with van der Waals surface area (Å²) in [5.41, 5.74) is 6.94. The van der Waals surface area contributed by atoms with Gasteiger partial charge in [-0.15, -0.1) is 0 Å². The highest BCUT2D eigenvalue weighted by atomic mass is 16.3. The van der Waals surface area contributed by atoms with Crippen molar-refractivity contribution >= 4 is 0 Å². The van der Waals surface area contributed by atoms with Gasteiger partial charge in [0.15, 0.2) is 0 Å². The van der Waals surface area contributed by atoms with Crippen molar-refractivity contribution in [2.24, 2.45) is 5.73 Å². The smallest absolute Gasteiger partial charge is 0.120 e. The Morgan fingerprint density at radius 1 is 1.39 bits per heavy atom. The SMILES string of the molecule is CCC1CCCCN1C(CN)c1ccccc1O. The maximum atomic E-state index is 10.0. The van der Waals surface area contributed by atoms with Crippen LogP contribution in [0.3, 0.4) is 0 Å². The van der Waals surface area contributed by atoms with E-state index < -0.39 is 0 Å². The Morgan fingerprint density at radius 2 is 2.17 bits per heavy atom. The molecule has 0 radical (unpaired) electrons. The van der Waals surface area contributed by atoms with Crippen LogP contribution in [0.1, 0.15) is 44.2 Å². The molecule has 3 heteroatoms. The molecule has 0 aromatic heterocycles. The Kier molecular flexibility index (Phi) is 4.61. The number of nitrogens with zero attached hydrogens (tertiary/aromatic N) is 1. The Morgan fingerprint density at radius 3 is 2.83 bits per heavy atom. The molecular formula is C15H24N2O. The van der Waals surface area contributed by atoms with Gasteiger partial charge in [-0.25, -0.2) is 0 Å². The summed E-state index contributed by atoms with van der Waals surface area (Å²) in [7, 11) is 0. The van der Waals surface area contributed by atoms with Crippen molar-refractivity contribution in [3.05, 3.63) is 29.8 Å². The molecule has 1 aromatic rings. The molecule has 0 spiro atoms. The first-order chi connectivity index (χ1) is 8.77. The fraction of sp³-hybridized carbons (Fsp3) is 0.600. The van der Waals surface area contributed by atoms with E-state index in [0.717, 1.165) is 18.5 Å². The maximum Gasteiger partial charge on any atom is 0.120 e. The van der Waals surface area contributed by atoms with Gasteiger partial charge in [0.2, 0.25) is 0 Å². The predicted molar refractivity (Wildman–Crippen MR) is 74.5 cm³/mol. The van der Waals surface area contributed by atoms with Crippen LogP contribution in [-0.2, 0) is 0 Å². The average molecular weight is 248 g/mol. The van der Waals surface area contributed by atoms with Crippen LogP contribution in [-0.4, -0.2) is 29.1 Å². The molecule has 3 N–H and O–H groups in total. The first-order valence-corrected chi connectivity index (χ1v) is 7.01. The summed E-state index contributed by atoms with van der Waals surface area (Å²) in [6.45, 7) is 3.89. The van der Waals surface area contributed by atoms with Gasteiger partial charge in [-0.2, -0.15) is 0 Å². The van der Waals surface area contributed by atoms with Gasteiger partial charge in [0.25, 0.3) is 0 Å². The Labute approximate surface area is 110 Å². The summed E-state index contributed by atoms with van der Waals surface area (Å²) in [4.78, 5) is 2.48. The zero-order valence-electron chi connectivity index (χ0n) is 11.2. The fourth-order valence-corrected chi connectivity index (χ4v) is 3.08. The predicted octanol–water partition coefficient (Wildman–Crippen LogP) is 2.66. The van der Waals surface area contributed by atoms with E-state index in [4.69, 9.17) is 5.73 Å². The van der Waals surface area contributed by atoms with Gasteiger partial charge in [-0.3, -0.25) is 4.90 Å². The summed E-state index contributed by atoms with van der Waals surface area (Å²) < 4.78 is 0. The minimum atomic E-state index is 0.149. The number of rotatable bonds is 4. The van der Waals surface area contributed by atoms with Crippen molar-refractivity contribution in [2.75, 3.05) is 13.1 Å². The molecule has 2 unspecified atom stereocenters. The summed E-state index contributed by atoms with van der Waals surface area (Å²) >= 11 is 0. The van der Waals surface area contributed by atoms with Gasteiger partial charge in [0.1, 0.15) is 5.75 Å². The van der Waals surface area contributed by atoms with Crippen LogP contribution in [0.25, 0.3) is 0 Å². The quantitative estimate of drug-likeness (QED) is 0.861. The van der Waals surface area contributed by atoms with Crippen LogP contribution >= 0.6 is 0 Å². The van der Waals surface area contributed by atoms with Crippen LogP contribution in [0.4, 0.5) is 0 Å². The largest absolute Gasteiger partial charge is 0.508 e. The second-order valence-corrected chi connectivity index (χ2v) is 5.11. The van der Waals surface area contributed by atoms with Gasteiger partial charge in [-0.1, -0.05) is 31.5 Å². The molecule has 0 aliphatic carbocycles. The summed E-state index contributed by atoms with van der Waals surface area (Å²) in [6, 6.07) is 8.34. The van der Waals surface area contributed by atoms with Gasteiger partial charge in [0, 0.05) is 18.2 Å². The number of aromatic hydroxyl groups is 1. The lowest BCUT2D eigenvalue weighted by molar-refractivity contribution is 0.0936. The molecule has 0 saturated carbocycles. The molecule has 2 atom stereocenters. The standard InChI is InChI=1S/C15H24N2O/c1-2-12-7-5-6-10-17(12)14(11-16)13-8-3-4-9-15(13)18/h3-4,8-9,12,14,18H,2,5-7,10-11,16H2,1H3. The van der Waals surface area contributed by atoms with E-state index in [1.165, 1.54) is 19.3 Å². The van der Waals surface area contributed by atoms with Crippen molar-refractivity contribution in [2.45, 2.75) is 44.7 Å². The molecular weight excluding hydrogens is 224 g/mol. The number of likely N-dealkylation sites (tertiary alicyclic amines) is 1. The Balaban J connectivity index is 2.24. The van der Waals surface area contributed by atoms with Gasteiger partial charge >= 0.3 is 0 Å². The van der Waals surface area contributed by atoms with E-state index in [0.29, 0.717) is 18.3 Å². The topological polar surface area (TPSA) is 49.5 Å². The molecule has 2 rings (SSSR count). The Bertz CT molecular complexity index is 381. The van der Waals surface area contributed by atoms with Crippen LogP contribution in [0.15, 0.2) is 24.3 Å². The first kappa shape index (κ1) is 13.4. The van der Waals surface area contributed by atoms with E-state index in [1.54, 1.807) is 6.07 Å². The molecule has 0 bridgehead atoms. The highest BCUT2D eigenvalue weighted by molar-refractivity contribution is 5.35. The van der Waals surface area contributed by atoms with Crippen LogP contribution in [0.5, 0.6) is 5.75 Å². The molecule has 18 heavy (non-hydrogen) atoms. The van der Waals surface area contributed by atoms with E-state index in [2.05, 4.69) is 11.8 Å². The third-order valence-electron chi connectivity index (χ3n) is 4.06. The molecule has 1 aromatic carbocycles. The van der Waals surface area contributed by atoms with Gasteiger partial charge in [-0.05, 0) is 31.9 Å². The maximum absolute atomic E-state index is 10.0. The van der Waals surface area contributed by atoms with E-state index in [9.17, 15) is 5.11 Å². The summed E-state index contributed by atoms with van der Waals surface area (Å²) in [5, 5.41) is 10.0. The van der Waals surface area contributed by atoms with Crippen molar-refractivity contribution < 1.29 is 5.11 Å². The molecule has 1 aliphatic rings. The van der Waals surface area contributed by atoms with Gasteiger partial charge < -0.3 is 10.8 Å². The second-order valence-electron chi connectivity index (χ2n) is 5.11. The number of hydrogen-bond donors (Lipinski definition) is 2. The third kappa shape index (κ3) is 2.68. The number of benzene rings is 1. The van der Waals surface area contributed by atoms with Crippen molar-refractivity contribution in [1.82, 2.24) is 4.90 Å². The molecule has 3 nitrogen and oxygen atoms in total. The zero-order valence-corrected chi connectivity index (χ0v) is 11.2. The monoisotopic (exact) mass is 248 g/mol. The third-order valence-corrected chi connectivity index (χ3v) is 4.06. The van der Waals surface area contributed by atoms with E-state index >= 15 is 0 Å². The number of hydrogen-bond acceptors (Lipinski definition) is 3.